The molecule has 0 radical (unpaired) electrons. The topological polar surface area (TPSA) is 21.3 Å². The van der Waals surface area contributed by atoms with Crippen molar-refractivity contribution in [2.24, 2.45) is 0 Å². The molecule has 1 N–H and O–H groups in total. The monoisotopic (exact) mass is 273 g/mol. The predicted molar refractivity (Wildman–Crippen MR) is 79.2 cm³/mol. The van der Waals surface area contributed by atoms with Crippen LogP contribution in [0.4, 0.5) is 4.39 Å². The van der Waals surface area contributed by atoms with Crippen LogP contribution in [-0.2, 0) is 13.2 Å². The Bertz CT molecular complexity index is 525. The van der Waals surface area contributed by atoms with E-state index in [1.807, 2.05) is 12.1 Å². The minimum absolute atomic E-state index is 0.249. The van der Waals surface area contributed by atoms with Crippen LogP contribution in [0.25, 0.3) is 0 Å². The van der Waals surface area contributed by atoms with Crippen molar-refractivity contribution in [1.82, 2.24) is 5.32 Å². The van der Waals surface area contributed by atoms with E-state index in [-0.39, 0.29) is 5.82 Å². The summed E-state index contributed by atoms with van der Waals surface area (Å²) in [6, 6.07) is 14.4. The zero-order chi connectivity index (χ0) is 14.2. The van der Waals surface area contributed by atoms with Crippen LogP contribution in [0, 0.1) is 5.82 Å². The summed E-state index contributed by atoms with van der Waals surface area (Å²) in [6.07, 6.45) is 1.13. The van der Waals surface area contributed by atoms with Crippen LogP contribution < -0.4 is 10.1 Å². The molecule has 2 aromatic carbocycles. The number of rotatable bonds is 7. The third-order valence-electron chi connectivity index (χ3n) is 2.97. The first-order valence-corrected chi connectivity index (χ1v) is 6.95. The molecule has 20 heavy (non-hydrogen) atoms. The Morgan fingerprint density at radius 1 is 1.05 bits per heavy atom. The summed E-state index contributed by atoms with van der Waals surface area (Å²) in [6.45, 7) is 4.54. The molecule has 0 atom stereocenters. The molecule has 3 heteroatoms. The van der Waals surface area contributed by atoms with Crippen LogP contribution in [0.15, 0.2) is 48.5 Å². The number of hydrogen-bond donors (Lipinski definition) is 1. The summed E-state index contributed by atoms with van der Waals surface area (Å²) >= 11 is 0. The van der Waals surface area contributed by atoms with E-state index >= 15 is 0 Å². The number of benzene rings is 2. The van der Waals surface area contributed by atoms with E-state index in [0.717, 1.165) is 25.1 Å². The van der Waals surface area contributed by atoms with Gasteiger partial charge in [0.25, 0.3) is 0 Å². The molecule has 2 aromatic rings. The molecule has 0 amide bonds. The van der Waals surface area contributed by atoms with Gasteiger partial charge in [-0.1, -0.05) is 31.2 Å². The Labute approximate surface area is 119 Å². The van der Waals surface area contributed by atoms with Crippen LogP contribution in [0.2, 0.25) is 0 Å². The van der Waals surface area contributed by atoms with Crippen LogP contribution >= 0.6 is 0 Å². The maximum atomic E-state index is 12.8. The van der Waals surface area contributed by atoms with E-state index in [1.54, 1.807) is 12.1 Å². The number of ether oxygens (including phenoxy) is 1. The van der Waals surface area contributed by atoms with Gasteiger partial charge in [0.1, 0.15) is 18.2 Å². The first-order valence-electron chi connectivity index (χ1n) is 6.95. The van der Waals surface area contributed by atoms with Crippen LogP contribution in [0.1, 0.15) is 24.5 Å². The minimum Gasteiger partial charge on any atom is -0.489 e. The Hall–Kier alpha value is -1.87. The standard InChI is InChI=1S/C17H20FNO/c1-2-10-19-12-14-4-3-5-15(11-14)13-20-17-8-6-16(18)7-9-17/h3-9,11,19H,2,10,12-13H2,1H3. The predicted octanol–water partition coefficient (Wildman–Crippen LogP) is 3.90. The molecule has 0 saturated carbocycles. The van der Waals surface area contributed by atoms with Crippen molar-refractivity contribution in [1.29, 1.82) is 0 Å². The summed E-state index contributed by atoms with van der Waals surface area (Å²) in [4.78, 5) is 0. The summed E-state index contributed by atoms with van der Waals surface area (Å²) in [5, 5.41) is 3.38. The minimum atomic E-state index is -0.249. The highest BCUT2D eigenvalue weighted by atomic mass is 19.1. The molecular weight excluding hydrogens is 253 g/mol. The van der Waals surface area contributed by atoms with E-state index < -0.39 is 0 Å². The summed E-state index contributed by atoms with van der Waals surface area (Å²) < 4.78 is 18.4. The maximum absolute atomic E-state index is 12.8. The molecule has 0 unspecified atom stereocenters. The van der Waals surface area contributed by atoms with Crippen molar-refractivity contribution in [3.63, 3.8) is 0 Å². The van der Waals surface area contributed by atoms with Gasteiger partial charge in [-0.15, -0.1) is 0 Å². The zero-order valence-electron chi connectivity index (χ0n) is 11.7. The lowest BCUT2D eigenvalue weighted by atomic mass is 10.1. The maximum Gasteiger partial charge on any atom is 0.123 e. The smallest absolute Gasteiger partial charge is 0.123 e. The molecule has 0 bridgehead atoms. The Morgan fingerprint density at radius 3 is 2.55 bits per heavy atom. The van der Waals surface area contributed by atoms with Gasteiger partial charge in [0.05, 0.1) is 0 Å². The molecule has 2 nitrogen and oxygen atoms in total. The summed E-state index contributed by atoms with van der Waals surface area (Å²) in [5.41, 5.74) is 2.36. The van der Waals surface area contributed by atoms with Crippen molar-refractivity contribution in [2.45, 2.75) is 26.5 Å². The second kappa shape index (κ2) is 7.65. The van der Waals surface area contributed by atoms with Crippen LogP contribution in [0.5, 0.6) is 5.75 Å². The van der Waals surface area contributed by atoms with Gasteiger partial charge >= 0.3 is 0 Å². The highest BCUT2D eigenvalue weighted by Crippen LogP contribution is 2.14. The molecule has 106 valence electrons. The molecule has 0 aliphatic rings. The summed E-state index contributed by atoms with van der Waals surface area (Å²) in [5.74, 6) is 0.433. The van der Waals surface area contributed by atoms with Crippen LogP contribution in [0.3, 0.4) is 0 Å². The SMILES string of the molecule is CCCNCc1cccc(COc2ccc(F)cc2)c1. The van der Waals surface area contributed by atoms with E-state index in [9.17, 15) is 4.39 Å². The number of nitrogens with one attached hydrogen (secondary N) is 1. The normalized spacial score (nSPS) is 10.5. The second-order valence-electron chi connectivity index (χ2n) is 4.74. The van der Waals surface area contributed by atoms with Gasteiger partial charge < -0.3 is 10.1 Å². The van der Waals surface area contributed by atoms with Crippen molar-refractivity contribution in [3.05, 3.63) is 65.5 Å². The third kappa shape index (κ3) is 4.67. The van der Waals surface area contributed by atoms with E-state index in [1.165, 1.54) is 17.7 Å². The van der Waals surface area contributed by atoms with Crippen LogP contribution in [-0.4, -0.2) is 6.54 Å². The Morgan fingerprint density at radius 2 is 1.80 bits per heavy atom. The number of halogens is 1. The van der Waals surface area contributed by atoms with E-state index in [0.29, 0.717) is 12.4 Å². The first-order chi connectivity index (χ1) is 9.78. The fraction of sp³-hybridized carbons (Fsp3) is 0.294. The molecule has 0 saturated heterocycles. The quantitative estimate of drug-likeness (QED) is 0.772. The lowest BCUT2D eigenvalue weighted by Gasteiger charge is -2.08. The lowest BCUT2D eigenvalue weighted by molar-refractivity contribution is 0.305. The van der Waals surface area contributed by atoms with Gasteiger partial charge in [0.2, 0.25) is 0 Å². The van der Waals surface area contributed by atoms with Crippen molar-refractivity contribution in [2.75, 3.05) is 6.54 Å². The van der Waals surface area contributed by atoms with Crippen molar-refractivity contribution < 1.29 is 9.13 Å². The van der Waals surface area contributed by atoms with Gasteiger partial charge in [0.15, 0.2) is 0 Å². The van der Waals surface area contributed by atoms with E-state index in [4.69, 9.17) is 4.74 Å². The Kier molecular flexibility index (Phi) is 5.56. The Balaban J connectivity index is 1.89. The fourth-order valence-corrected chi connectivity index (χ4v) is 1.94. The molecular formula is C17H20FNO. The van der Waals surface area contributed by atoms with Crippen molar-refractivity contribution >= 4 is 0 Å². The average Bonchev–Trinajstić information content (AvgIpc) is 2.47. The lowest BCUT2D eigenvalue weighted by Crippen LogP contribution is -2.13. The molecule has 0 fully saturated rings. The average molecular weight is 273 g/mol. The largest absolute Gasteiger partial charge is 0.489 e. The third-order valence-corrected chi connectivity index (χ3v) is 2.97. The molecule has 0 aliphatic heterocycles. The zero-order valence-corrected chi connectivity index (χ0v) is 11.7. The molecule has 2 rings (SSSR count). The first kappa shape index (κ1) is 14.5. The molecule has 0 aromatic heterocycles. The molecule has 0 heterocycles. The molecule has 0 spiro atoms. The van der Waals surface area contributed by atoms with E-state index in [2.05, 4.69) is 24.4 Å². The number of hydrogen-bond acceptors (Lipinski definition) is 2. The second-order valence-corrected chi connectivity index (χ2v) is 4.74. The fourth-order valence-electron chi connectivity index (χ4n) is 1.94. The van der Waals surface area contributed by atoms with Gasteiger partial charge in [-0.25, -0.2) is 4.39 Å². The van der Waals surface area contributed by atoms with Gasteiger partial charge in [0, 0.05) is 6.54 Å². The van der Waals surface area contributed by atoms with Gasteiger partial charge in [-0.2, -0.15) is 0 Å². The van der Waals surface area contributed by atoms with Gasteiger partial charge in [-0.05, 0) is 48.4 Å². The van der Waals surface area contributed by atoms with Gasteiger partial charge in [-0.3, -0.25) is 0 Å². The summed E-state index contributed by atoms with van der Waals surface area (Å²) in [7, 11) is 0. The molecule has 0 aliphatic carbocycles. The highest BCUT2D eigenvalue weighted by Gasteiger charge is 1.99. The highest BCUT2D eigenvalue weighted by molar-refractivity contribution is 5.25. The van der Waals surface area contributed by atoms with Crippen molar-refractivity contribution in [3.8, 4) is 5.75 Å².